The zero-order chi connectivity index (χ0) is 31.9. The molecule has 2 atom stereocenters. The summed E-state index contributed by atoms with van der Waals surface area (Å²) in [4.78, 5) is 62.1. The third kappa shape index (κ3) is 8.04. The Kier molecular flexibility index (Phi) is 10.8. The minimum absolute atomic E-state index is 0.00418. The van der Waals surface area contributed by atoms with E-state index >= 15 is 0 Å². The van der Waals surface area contributed by atoms with E-state index < -0.39 is 63.5 Å². The van der Waals surface area contributed by atoms with Gasteiger partial charge < -0.3 is 33.9 Å². The Morgan fingerprint density at radius 2 is 1.77 bits per heavy atom. The van der Waals surface area contributed by atoms with Crippen LogP contribution in [0.5, 0.6) is 5.75 Å². The molecule has 0 aliphatic carbocycles. The van der Waals surface area contributed by atoms with Gasteiger partial charge in [-0.2, -0.15) is 8.42 Å². The molecule has 3 rings (SSSR count). The molecule has 1 aromatic rings. The average molecular weight is 645 g/mol. The fraction of sp³-hybridized carbons (Fsp3) is 0.400. The second-order valence-electron chi connectivity index (χ2n) is 9.05. The standard InChI is InChI=1S/C25H28N2O14S2/c1-38-17(11-14-7-9-16(10-8-14)41-43(35,36)37)22(33)40-12-15-13-42-24-25(39-2,23(34)27(24)20(15)21(31)32)26-18(28)5-3-4-6-19(29)30/h7-11,24H,3-6,12-13H2,1-2H3,(H,26,28)(H,29,30)(H,31,32)(H,35,36,37)/t24-,25-/m0/s1. The van der Waals surface area contributed by atoms with Crippen molar-refractivity contribution in [2.24, 2.45) is 0 Å². The summed E-state index contributed by atoms with van der Waals surface area (Å²) in [5.41, 5.74) is -1.79. The first-order chi connectivity index (χ1) is 20.2. The molecule has 2 aliphatic heterocycles. The molecule has 43 heavy (non-hydrogen) atoms. The molecule has 0 bridgehead atoms. The Morgan fingerprint density at radius 3 is 2.33 bits per heavy atom. The van der Waals surface area contributed by atoms with Crippen LogP contribution in [0.25, 0.3) is 6.08 Å². The van der Waals surface area contributed by atoms with Crippen LogP contribution < -0.4 is 9.50 Å². The van der Waals surface area contributed by atoms with Crippen LogP contribution in [0, 0.1) is 0 Å². The second-order valence-corrected chi connectivity index (χ2v) is 11.1. The summed E-state index contributed by atoms with van der Waals surface area (Å²) in [5.74, 6) is -5.31. The highest BCUT2D eigenvalue weighted by atomic mass is 32.3. The highest BCUT2D eigenvalue weighted by Crippen LogP contribution is 2.46. The zero-order valence-corrected chi connectivity index (χ0v) is 24.4. The lowest BCUT2D eigenvalue weighted by Gasteiger charge is -2.55. The Bertz CT molecular complexity index is 1450. The van der Waals surface area contributed by atoms with Crippen molar-refractivity contribution >= 4 is 58.0 Å². The van der Waals surface area contributed by atoms with Gasteiger partial charge in [0.2, 0.25) is 11.7 Å². The number of β-lactam (4-membered cyclic amide) rings is 1. The third-order valence-electron chi connectivity index (χ3n) is 6.18. The SMILES string of the molecule is COC(=Cc1ccc(OS(=O)(=O)O)cc1)C(=O)OCC1=C(C(=O)O)N2C(=O)[C@](NC(=O)CCCCC(=O)O)(OC)[C@@H]2SC1. The van der Waals surface area contributed by atoms with E-state index in [0.717, 1.165) is 16.7 Å². The molecule has 234 valence electrons. The van der Waals surface area contributed by atoms with Crippen LogP contribution in [-0.2, 0) is 48.6 Å². The first-order valence-electron chi connectivity index (χ1n) is 12.4. The maximum absolute atomic E-state index is 13.2. The number of methoxy groups -OCH3 is 2. The van der Waals surface area contributed by atoms with E-state index in [-0.39, 0.29) is 48.5 Å². The summed E-state index contributed by atoms with van der Waals surface area (Å²) < 4.78 is 50.4. The van der Waals surface area contributed by atoms with E-state index in [4.69, 9.17) is 23.9 Å². The third-order valence-corrected chi connectivity index (χ3v) is 7.96. The Labute approximate surface area is 249 Å². The molecule has 2 amide bonds. The summed E-state index contributed by atoms with van der Waals surface area (Å²) >= 11 is 1.08. The summed E-state index contributed by atoms with van der Waals surface area (Å²) in [6.07, 6.45) is 1.60. The smallest absolute Gasteiger partial charge is 0.446 e. The number of ether oxygens (including phenoxy) is 3. The van der Waals surface area contributed by atoms with Crippen molar-refractivity contribution in [3.8, 4) is 5.75 Å². The molecule has 1 saturated heterocycles. The van der Waals surface area contributed by atoms with Gasteiger partial charge in [0, 0.05) is 31.3 Å². The first kappa shape index (κ1) is 33.4. The van der Waals surface area contributed by atoms with Crippen LogP contribution in [0.4, 0.5) is 0 Å². The molecule has 18 heteroatoms. The van der Waals surface area contributed by atoms with Gasteiger partial charge in [-0.05, 0) is 36.6 Å². The van der Waals surface area contributed by atoms with Crippen LogP contribution in [-0.4, -0.2) is 95.5 Å². The number of rotatable bonds is 15. The molecule has 0 aromatic heterocycles. The monoisotopic (exact) mass is 644 g/mol. The molecular formula is C25H28N2O14S2. The Morgan fingerprint density at radius 1 is 1.12 bits per heavy atom. The lowest BCUT2D eigenvalue weighted by atomic mass is 9.97. The molecular weight excluding hydrogens is 616 g/mol. The first-order valence-corrected chi connectivity index (χ1v) is 14.8. The number of carboxylic acids is 2. The minimum Gasteiger partial charge on any atom is -0.490 e. The number of carbonyl (C=O) groups excluding carboxylic acids is 3. The number of benzene rings is 1. The van der Waals surface area contributed by atoms with Crippen LogP contribution in [0.15, 0.2) is 41.3 Å². The molecule has 0 unspecified atom stereocenters. The van der Waals surface area contributed by atoms with Crippen molar-refractivity contribution in [3.63, 3.8) is 0 Å². The number of thioether (sulfide) groups is 1. The van der Waals surface area contributed by atoms with Gasteiger partial charge in [-0.1, -0.05) is 12.1 Å². The molecule has 0 spiro atoms. The number of hydrogen-bond acceptors (Lipinski definition) is 12. The summed E-state index contributed by atoms with van der Waals surface area (Å²) in [7, 11) is -2.34. The average Bonchev–Trinajstić information content (AvgIpc) is 2.94. The fourth-order valence-electron chi connectivity index (χ4n) is 4.20. The lowest BCUT2D eigenvalue weighted by molar-refractivity contribution is -0.192. The number of nitrogens with one attached hydrogen (secondary N) is 1. The summed E-state index contributed by atoms with van der Waals surface area (Å²) in [5, 5.41) is 20.2. The van der Waals surface area contributed by atoms with Gasteiger partial charge in [-0.25, -0.2) is 9.59 Å². The largest absolute Gasteiger partial charge is 0.490 e. The number of fused-ring (bicyclic) bond motifs is 1. The van der Waals surface area contributed by atoms with Crippen LogP contribution in [0.1, 0.15) is 31.2 Å². The van der Waals surface area contributed by atoms with E-state index in [1.54, 1.807) is 0 Å². The molecule has 0 saturated carbocycles. The predicted octanol–water partition coefficient (Wildman–Crippen LogP) is 0.756. The molecule has 2 heterocycles. The van der Waals surface area contributed by atoms with Crippen molar-refractivity contribution in [1.82, 2.24) is 10.2 Å². The summed E-state index contributed by atoms with van der Waals surface area (Å²) in [6, 6.07) is 5.15. The number of unbranched alkanes of at least 4 members (excludes halogenated alkanes) is 1. The normalized spacial score (nSPS) is 20.1. The van der Waals surface area contributed by atoms with E-state index in [1.165, 1.54) is 44.6 Å². The van der Waals surface area contributed by atoms with E-state index in [1.807, 2.05) is 0 Å². The van der Waals surface area contributed by atoms with Gasteiger partial charge in [0.1, 0.15) is 23.4 Å². The van der Waals surface area contributed by atoms with Crippen LogP contribution in [0.2, 0.25) is 0 Å². The Balaban J connectivity index is 1.70. The predicted molar refractivity (Wildman–Crippen MR) is 146 cm³/mol. The second kappa shape index (κ2) is 13.9. The van der Waals surface area contributed by atoms with Crippen molar-refractivity contribution in [1.29, 1.82) is 0 Å². The van der Waals surface area contributed by atoms with E-state index in [0.29, 0.717) is 5.56 Å². The van der Waals surface area contributed by atoms with Crippen LogP contribution in [0.3, 0.4) is 0 Å². The lowest BCUT2D eigenvalue weighted by Crippen LogP contribution is -2.80. The molecule has 1 fully saturated rings. The number of aliphatic carboxylic acids is 2. The molecule has 4 N–H and O–H groups in total. The van der Waals surface area contributed by atoms with Gasteiger partial charge in [0.15, 0.2) is 0 Å². The van der Waals surface area contributed by atoms with Crippen molar-refractivity contribution < 1.29 is 65.5 Å². The maximum Gasteiger partial charge on any atom is 0.446 e. The highest BCUT2D eigenvalue weighted by molar-refractivity contribution is 8.00. The minimum atomic E-state index is -4.72. The highest BCUT2D eigenvalue weighted by Gasteiger charge is 2.66. The van der Waals surface area contributed by atoms with Gasteiger partial charge in [-0.15, -0.1) is 11.8 Å². The fourth-order valence-corrected chi connectivity index (χ4v) is 5.98. The number of amides is 2. The van der Waals surface area contributed by atoms with E-state index in [9.17, 15) is 37.5 Å². The van der Waals surface area contributed by atoms with Gasteiger partial charge in [-0.3, -0.25) is 23.8 Å². The van der Waals surface area contributed by atoms with Crippen molar-refractivity contribution in [2.75, 3.05) is 26.6 Å². The number of esters is 1. The molecule has 2 aliphatic rings. The molecule has 1 aromatic carbocycles. The van der Waals surface area contributed by atoms with Gasteiger partial charge in [0.05, 0.1) is 7.11 Å². The van der Waals surface area contributed by atoms with E-state index in [2.05, 4.69) is 9.50 Å². The molecule has 0 radical (unpaired) electrons. The van der Waals surface area contributed by atoms with Crippen LogP contribution >= 0.6 is 11.8 Å². The Hall–Kier alpha value is -4.13. The topological polar surface area (TPSA) is 232 Å². The van der Waals surface area contributed by atoms with Gasteiger partial charge in [0.25, 0.3) is 11.6 Å². The number of carbonyl (C=O) groups is 5. The number of hydrogen-bond donors (Lipinski definition) is 4. The zero-order valence-electron chi connectivity index (χ0n) is 22.8. The number of carboxylic acid groups (broad SMARTS) is 2. The quantitative estimate of drug-likeness (QED) is 0.0392. The summed E-state index contributed by atoms with van der Waals surface area (Å²) in [6.45, 7) is -0.512. The van der Waals surface area contributed by atoms with Crippen molar-refractivity contribution in [2.45, 2.75) is 36.8 Å². The number of nitrogens with zero attached hydrogens (tertiary/aromatic N) is 1. The van der Waals surface area contributed by atoms with Crippen molar-refractivity contribution in [3.05, 3.63) is 46.9 Å². The van der Waals surface area contributed by atoms with Gasteiger partial charge >= 0.3 is 28.3 Å². The maximum atomic E-state index is 13.2. The molecule has 16 nitrogen and oxygen atoms in total.